The van der Waals surface area contributed by atoms with E-state index in [1.54, 1.807) is 11.3 Å². The average molecular weight is 239 g/mol. The Morgan fingerprint density at radius 3 is 2.50 bits per heavy atom. The Morgan fingerprint density at radius 1 is 1.50 bits per heavy atom. The Morgan fingerprint density at radius 2 is 2.12 bits per heavy atom. The van der Waals surface area contributed by atoms with Crippen molar-refractivity contribution in [2.75, 3.05) is 7.11 Å². The van der Waals surface area contributed by atoms with Gasteiger partial charge in [-0.3, -0.25) is 4.79 Å². The van der Waals surface area contributed by atoms with Gasteiger partial charge in [0, 0.05) is 4.88 Å². The van der Waals surface area contributed by atoms with Crippen LogP contribution < -0.4 is 0 Å². The molecule has 1 aromatic heterocycles. The van der Waals surface area contributed by atoms with E-state index in [0.717, 1.165) is 23.5 Å². The normalized spacial score (nSPS) is 17.6. The molecule has 4 heteroatoms. The van der Waals surface area contributed by atoms with Gasteiger partial charge in [-0.1, -0.05) is 13.8 Å². The van der Waals surface area contributed by atoms with Crippen molar-refractivity contribution < 1.29 is 9.53 Å². The number of hydrogen-bond donors (Lipinski definition) is 0. The van der Waals surface area contributed by atoms with E-state index < -0.39 is 5.41 Å². The molecule has 88 valence electrons. The Bertz CT molecular complexity index is 419. The predicted octanol–water partition coefficient (Wildman–Crippen LogP) is 2.78. The van der Waals surface area contributed by atoms with Crippen LogP contribution in [0.15, 0.2) is 0 Å². The van der Waals surface area contributed by atoms with Crippen LogP contribution in [0.25, 0.3) is 0 Å². The highest BCUT2D eigenvalue weighted by Crippen LogP contribution is 2.51. The Kier molecular flexibility index (Phi) is 2.78. The summed E-state index contributed by atoms with van der Waals surface area (Å²) in [6, 6.07) is 0. The predicted molar refractivity (Wildman–Crippen MR) is 63.9 cm³/mol. The first-order valence-corrected chi connectivity index (χ1v) is 6.39. The van der Waals surface area contributed by atoms with Gasteiger partial charge in [0.1, 0.15) is 10.4 Å². The molecule has 2 rings (SSSR count). The van der Waals surface area contributed by atoms with Crippen LogP contribution in [0.3, 0.4) is 0 Å². The molecule has 0 N–H and O–H groups in total. The maximum Gasteiger partial charge on any atom is 0.318 e. The molecule has 0 amide bonds. The minimum atomic E-state index is -0.405. The Hall–Kier alpha value is -0.900. The fourth-order valence-corrected chi connectivity index (χ4v) is 3.28. The number of methoxy groups -OCH3 is 1. The quantitative estimate of drug-likeness (QED) is 0.761. The van der Waals surface area contributed by atoms with Crippen LogP contribution in [0.5, 0.6) is 0 Å². The SMILES string of the molecule is COC(=O)C1(c2nc(C(C)C)c(C)s2)CC1. The summed E-state index contributed by atoms with van der Waals surface area (Å²) in [4.78, 5) is 17.6. The number of carbonyl (C=O) groups excluding carboxylic acids is 1. The summed E-state index contributed by atoms with van der Waals surface area (Å²) in [5, 5.41) is 0.945. The van der Waals surface area contributed by atoms with E-state index in [9.17, 15) is 4.79 Å². The molecule has 1 aromatic rings. The van der Waals surface area contributed by atoms with Gasteiger partial charge in [0.05, 0.1) is 12.8 Å². The van der Waals surface area contributed by atoms with Crippen molar-refractivity contribution in [3.8, 4) is 0 Å². The molecule has 0 unspecified atom stereocenters. The van der Waals surface area contributed by atoms with Crippen LogP contribution in [-0.2, 0) is 14.9 Å². The zero-order valence-electron chi connectivity index (χ0n) is 10.2. The summed E-state index contributed by atoms with van der Waals surface area (Å²) >= 11 is 1.64. The second-order valence-electron chi connectivity index (χ2n) is 4.69. The molecular weight excluding hydrogens is 222 g/mol. The van der Waals surface area contributed by atoms with E-state index in [-0.39, 0.29) is 5.97 Å². The van der Waals surface area contributed by atoms with Crippen molar-refractivity contribution in [1.82, 2.24) is 4.98 Å². The number of ether oxygens (including phenoxy) is 1. The number of nitrogens with zero attached hydrogens (tertiary/aromatic N) is 1. The molecule has 1 aliphatic rings. The third kappa shape index (κ3) is 1.65. The highest BCUT2D eigenvalue weighted by atomic mass is 32.1. The average Bonchev–Trinajstić information content (AvgIpc) is 2.95. The van der Waals surface area contributed by atoms with Crippen LogP contribution in [0.2, 0.25) is 0 Å². The molecule has 0 aromatic carbocycles. The van der Waals surface area contributed by atoms with E-state index in [1.807, 2.05) is 0 Å². The zero-order chi connectivity index (χ0) is 11.9. The van der Waals surface area contributed by atoms with Gasteiger partial charge in [0.15, 0.2) is 0 Å². The van der Waals surface area contributed by atoms with Gasteiger partial charge in [-0.25, -0.2) is 4.98 Å². The van der Waals surface area contributed by atoms with Gasteiger partial charge in [-0.05, 0) is 25.7 Å². The lowest BCUT2D eigenvalue weighted by Crippen LogP contribution is -2.21. The van der Waals surface area contributed by atoms with Crippen LogP contribution in [0.1, 0.15) is 48.2 Å². The number of hydrogen-bond acceptors (Lipinski definition) is 4. The molecule has 1 fully saturated rings. The molecule has 0 saturated heterocycles. The fourth-order valence-electron chi connectivity index (χ4n) is 1.97. The van der Waals surface area contributed by atoms with Crippen molar-refractivity contribution in [2.45, 2.75) is 44.9 Å². The van der Waals surface area contributed by atoms with E-state index >= 15 is 0 Å². The minimum Gasteiger partial charge on any atom is -0.468 e. The zero-order valence-corrected chi connectivity index (χ0v) is 11.0. The van der Waals surface area contributed by atoms with E-state index in [4.69, 9.17) is 4.74 Å². The third-order valence-corrected chi connectivity index (χ3v) is 4.31. The van der Waals surface area contributed by atoms with Crippen molar-refractivity contribution in [3.63, 3.8) is 0 Å². The summed E-state index contributed by atoms with van der Waals surface area (Å²) in [6.07, 6.45) is 1.76. The topological polar surface area (TPSA) is 39.2 Å². The highest BCUT2D eigenvalue weighted by Gasteiger charge is 2.55. The largest absolute Gasteiger partial charge is 0.468 e. The molecule has 1 saturated carbocycles. The monoisotopic (exact) mass is 239 g/mol. The second kappa shape index (κ2) is 3.84. The summed E-state index contributed by atoms with van der Waals surface area (Å²) in [5.41, 5.74) is 0.715. The fraction of sp³-hybridized carbons (Fsp3) is 0.667. The molecule has 16 heavy (non-hydrogen) atoms. The molecular formula is C12H17NO2S. The van der Waals surface area contributed by atoms with Crippen LogP contribution in [-0.4, -0.2) is 18.1 Å². The van der Waals surface area contributed by atoms with Crippen molar-refractivity contribution in [1.29, 1.82) is 0 Å². The van der Waals surface area contributed by atoms with Gasteiger partial charge in [0.2, 0.25) is 0 Å². The third-order valence-electron chi connectivity index (χ3n) is 3.11. The number of carbonyl (C=O) groups is 1. The first-order valence-electron chi connectivity index (χ1n) is 5.57. The van der Waals surface area contributed by atoms with Gasteiger partial charge in [-0.2, -0.15) is 0 Å². The summed E-state index contributed by atoms with van der Waals surface area (Å²) < 4.78 is 4.87. The first-order chi connectivity index (χ1) is 7.51. The lowest BCUT2D eigenvalue weighted by molar-refractivity contribution is -0.143. The number of esters is 1. The summed E-state index contributed by atoms with van der Waals surface area (Å²) in [7, 11) is 1.45. The molecule has 0 atom stereocenters. The molecule has 0 bridgehead atoms. The number of thiazole rings is 1. The lowest BCUT2D eigenvalue weighted by atomic mass is 10.1. The van der Waals surface area contributed by atoms with Gasteiger partial charge >= 0.3 is 5.97 Å². The van der Waals surface area contributed by atoms with Crippen molar-refractivity contribution in [2.24, 2.45) is 0 Å². The summed E-state index contributed by atoms with van der Waals surface area (Å²) in [6.45, 7) is 6.33. The van der Waals surface area contributed by atoms with Crippen LogP contribution >= 0.6 is 11.3 Å². The molecule has 0 radical (unpaired) electrons. The molecule has 0 aliphatic heterocycles. The maximum absolute atomic E-state index is 11.7. The lowest BCUT2D eigenvalue weighted by Gasteiger charge is -2.08. The van der Waals surface area contributed by atoms with E-state index in [0.29, 0.717) is 5.92 Å². The van der Waals surface area contributed by atoms with E-state index in [2.05, 4.69) is 25.8 Å². The Labute approximate surface area is 99.8 Å². The molecule has 0 spiro atoms. The van der Waals surface area contributed by atoms with Gasteiger partial charge < -0.3 is 4.74 Å². The number of aromatic nitrogens is 1. The molecule has 1 heterocycles. The van der Waals surface area contributed by atoms with Crippen molar-refractivity contribution in [3.05, 3.63) is 15.6 Å². The summed E-state index contributed by atoms with van der Waals surface area (Å²) in [5.74, 6) is 0.287. The molecule has 3 nitrogen and oxygen atoms in total. The second-order valence-corrected chi connectivity index (χ2v) is 5.89. The molecule has 1 aliphatic carbocycles. The van der Waals surface area contributed by atoms with Crippen LogP contribution in [0, 0.1) is 6.92 Å². The number of rotatable bonds is 3. The van der Waals surface area contributed by atoms with Crippen LogP contribution in [0.4, 0.5) is 0 Å². The van der Waals surface area contributed by atoms with Crippen molar-refractivity contribution >= 4 is 17.3 Å². The smallest absolute Gasteiger partial charge is 0.318 e. The minimum absolute atomic E-state index is 0.128. The van der Waals surface area contributed by atoms with Gasteiger partial charge in [0.25, 0.3) is 0 Å². The maximum atomic E-state index is 11.7. The van der Waals surface area contributed by atoms with E-state index in [1.165, 1.54) is 12.0 Å². The Balaban J connectivity index is 2.35. The highest BCUT2D eigenvalue weighted by molar-refractivity contribution is 7.12. The number of aryl methyl sites for hydroxylation is 1. The first kappa shape index (κ1) is 11.6. The standard InChI is InChI=1S/C12H17NO2S/c1-7(2)9-8(3)16-10(13-9)12(5-6-12)11(14)15-4/h7H,5-6H2,1-4H3. The van der Waals surface area contributed by atoms with Gasteiger partial charge in [-0.15, -0.1) is 11.3 Å².